The van der Waals surface area contributed by atoms with Gasteiger partial charge in [0.1, 0.15) is 19.8 Å². The Kier molecular flexibility index (Phi) is 40.9. The van der Waals surface area contributed by atoms with Crippen LogP contribution in [-0.4, -0.2) is 74.9 Å². The Bertz CT molecular complexity index is 1270. The molecule has 0 amide bonds. The van der Waals surface area contributed by atoms with Crippen LogP contribution in [0.2, 0.25) is 0 Å². The highest BCUT2D eigenvalue weighted by Crippen LogP contribution is 2.43. The van der Waals surface area contributed by atoms with E-state index in [-0.39, 0.29) is 32.0 Å². The number of ether oxygens (including phenoxy) is 2. The minimum absolute atomic E-state index is 0.0159. The van der Waals surface area contributed by atoms with Gasteiger partial charge in [0.05, 0.1) is 27.7 Å². The van der Waals surface area contributed by atoms with Gasteiger partial charge in [0.15, 0.2) is 6.10 Å². The zero-order valence-electron chi connectivity index (χ0n) is 39.6. The summed E-state index contributed by atoms with van der Waals surface area (Å²) in [7, 11) is 1.43. The summed E-state index contributed by atoms with van der Waals surface area (Å²) in [5.41, 5.74) is 0. The average Bonchev–Trinajstić information content (AvgIpc) is 3.21. The van der Waals surface area contributed by atoms with Crippen LogP contribution in [0.1, 0.15) is 187 Å². The molecule has 0 bridgehead atoms. The van der Waals surface area contributed by atoms with Crippen molar-refractivity contribution in [1.29, 1.82) is 0 Å². The predicted octanol–water partition coefficient (Wildman–Crippen LogP) is 14.2. The molecule has 0 rings (SSSR count). The number of carbonyl (C=O) groups excluding carboxylic acids is 2. The number of hydrogen-bond donors (Lipinski definition) is 1. The Morgan fingerprint density at radius 1 is 0.525 bits per heavy atom. The van der Waals surface area contributed by atoms with Gasteiger partial charge in [-0.1, -0.05) is 196 Å². The molecule has 0 aromatic heterocycles. The zero-order valence-corrected chi connectivity index (χ0v) is 40.5. The van der Waals surface area contributed by atoms with E-state index in [9.17, 15) is 19.0 Å². The number of esters is 2. The number of phosphoric ester groups is 1. The second kappa shape index (κ2) is 42.7. The van der Waals surface area contributed by atoms with E-state index in [1.165, 1.54) is 96.3 Å². The first-order valence-corrected chi connectivity index (χ1v) is 25.7. The molecule has 1 N–H and O–H groups in total. The van der Waals surface area contributed by atoms with E-state index in [1.54, 1.807) is 0 Å². The van der Waals surface area contributed by atoms with Gasteiger partial charge < -0.3 is 18.9 Å². The van der Waals surface area contributed by atoms with E-state index >= 15 is 0 Å². The Morgan fingerprint density at radius 3 is 1.36 bits per heavy atom. The largest absolute Gasteiger partial charge is 0.472 e. The molecule has 0 aliphatic carbocycles. The maximum atomic E-state index is 12.7. The van der Waals surface area contributed by atoms with Crippen LogP contribution in [0.5, 0.6) is 0 Å². The predicted molar refractivity (Wildman–Crippen MR) is 256 cm³/mol. The molecular formula is C51H91NO8P+. The molecule has 0 heterocycles. The number of likely N-dealkylation sites (N-methyl/N-ethyl adjacent to an activating group) is 1. The third kappa shape index (κ3) is 46.8. The molecule has 0 radical (unpaired) electrons. The van der Waals surface area contributed by atoms with Crippen molar-refractivity contribution >= 4 is 19.8 Å². The molecule has 2 atom stereocenters. The fourth-order valence-electron chi connectivity index (χ4n) is 6.28. The third-order valence-corrected chi connectivity index (χ3v) is 11.0. The van der Waals surface area contributed by atoms with Crippen LogP contribution in [-0.2, 0) is 32.7 Å². The van der Waals surface area contributed by atoms with Crippen LogP contribution in [0, 0.1) is 0 Å². The fourth-order valence-corrected chi connectivity index (χ4v) is 7.02. The third-order valence-electron chi connectivity index (χ3n) is 10.0. The maximum absolute atomic E-state index is 12.7. The van der Waals surface area contributed by atoms with Crippen molar-refractivity contribution in [3.63, 3.8) is 0 Å². The van der Waals surface area contributed by atoms with E-state index in [0.29, 0.717) is 17.4 Å². The normalized spacial score (nSPS) is 14.1. The summed E-state index contributed by atoms with van der Waals surface area (Å²) < 4.78 is 34.3. The van der Waals surface area contributed by atoms with Gasteiger partial charge in [0, 0.05) is 12.8 Å². The van der Waals surface area contributed by atoms with Crippen LogP contribution >= 0.6 is 7.82 Å². The van der Waals surface area contributed by atoms with Gasteiger partial charge in [-0.05, 0) is 51.4 Å². The molecule has 0 aromatic rings. The van der Waals surface area contributed by atoms with Crippen molar-refractivity contribution in [3.8, 4) is 0 Å². The minimum Gasteiger partial charge on any atom is -0.462 e. The molecule has 0 aromatic carbocycles. The van der Waals surface area contributed by atoms with Gasteiger partial charge in [-0.15, -0.1) is 0 Å². The fraction of sp³-hybridized carbons (Fsp3) is 0.725. The maximum Gasteiger partial charge on any atom is 0.472 e. The van der Waals surface area contributed by atoms with Crippen molar-refractivity contribution in [3.05, 3.63) is 72.9 Å². The molecule has 0 aliphatic heterocycles. The van der Waals surface area contributed by atoms with Gasteiger partial charge in [0.2, 0.25) is 0 Å². The number of nitrogens with zero attached hydrogens (tertiary/aromatic N) is 1. The van der Waals surface area contributed by atoms with E-state index in [1.807, 2.05) is 33.3 Å². The van der Waals surface area contributed by atoms with Crippen molar-refractivity contribution in [2.75, 3.05) is 47.5 Å². The Morgan fingerprint density at radius 2 is 0.934 bits per heavy atom. The summed E-state index contributed by atoms with van der Waals surface area (Å²) in [5, 5.41) is 0. The molecule has 61 heavy (non-hydrogen) atoms. The molecule has 0 saturated carbocycles. The summed E-state index contributed by atoms with van der Waals surface area (Å²) >= 11 is 0. The van der Waals surface area contributed by atoms with Crippen molar-refractivity contribution in [2.45, 2.75) is 193 Å². The minimum atomic E-state index is -4.40. The van der Waals surface area contributed by atoms with Crippen LogP contribution in [0.3, 0.4) is 0 Å². The van der Waals surface area contributed by atoms with E-state index in [2.05, 4.69) is 74.6 Å². The number of rotatable bonds is 43. The van der Waals surface area contributed by atoms with E-state index < -0.39 is 26.5 Å². The molecule has 1 unspecified atom stereocenters. The average molecular weight is 877 g/mol. The Labute approximate surface area is 374 Å². The van der Waals surface area contributed by atoms with Gasteiger partial charge in [-0.3, -0.25) is 18.6 Å². The number of carbonyl (C=O) groups is 2. The molecule has 0 fully saturated rings. The van der Waals surface area contributed by atoms with E-state index in [4.69, 9.17) is 18.5 Å². The highest BCUT2D eigenvalue weighted by atomic mass is 31.2. The van der Waals surface area contributed by atoms with Gasteiger partial charge in [-0.25, -0.2) is 4.57 Å². The molecule has 0 spiro atoms. The van der Waals surface area contributed by atoms with E-state index in [0.717, 1.165) is 57.8 Å². The molecule has 0 aliphatic rings. The number of quaternary nitrogens is 1. The first-order chi connectivity index (χ1) is 29.5. The molecular weight excluding hydrogens is 786 g/mol. The van der Waals surface area contributed by atoms with Crippen LogP contribution < -0.4 is 0 Å². The summed E-state index contributed by atoms with van der Waals surface area (Å²) in [6, 6.07) is 0. The number of unbranched alkanes of at least 4 members (excludes halogenated alkanes) is 17. The Hall–Kier alpha value is -2.55. The van der Waals surface area contributed by atoms with Crippen molar-refractivity contribution in [1.82, 2.24) is 0 Å². The van der Waals surface area contributed by atoms with Crippen LogP contribution in [0.25, 0.3) is 0 Å². The van der Waals surface area contributed by atoms with Crippen molar-refractivity contribution in [2.24, 2.45) is 0 Å². The van der Waals surface area contributed by atoms with Crippen molar-refractivity contribution < 1.29 is 42.1 Å². The summed E-state index contributed by atoms with van der Waals surface area (Å²) in [6.07, 6.45) is 54.0. The molecule has 0 saturated heterocycles. The lowest BCUT2D eigenvalue weighted by Crippen LogP contribution is -2.37. The summed E-state index contributed by atoms with van der Waals surface area (Å²) in [5.74, 6) is -0.895. The standard InChI is InChI=1S/C51H90NO8P/c1-6-8-10-12-14-16-18-20-22-24-26-28-30-32-34-36-38-40-42-44-51(54)60-49(48-59-61(55,56)58-46-45-52(3,4)5)47-57-50(53)43-41-39-37-35-33-31-29-27-25-23-21-19-17-15-13-11-9-7-2/h8,10,14,16,20,22,26,28,32,34,38,40,49H,6-7,9,11-13,15,17-19,21,23-25,27,29-31,33,35-37,39,41-48H2,1-5H3/p+1/b10-8-,16-14-,22-20-,28-26-,34-32-,40-38-/t49-/m1/s1. The second-order valence-electron chi connectivity index (χ2n) is 17.1. The first-order valence-electron chi connectivity index (χ1n) is 24.2. The van der Waals surface area contributed by atoms with Gasteiger partial charge in [0.25, 0.3) is 0 Å². The van der Waals surface area contributed by atoms with Crippen LogP contribution in [0.4, 0.5) is 0 Å². The number of allylic oxidation sites excluding steroid dienone is 12. The lowest BCUT2D eigenvalue weighted by atomic mass is 10.0. The van der Waals surface area contributed by atoms with Crippen LogP contribution in [0.15, 0.2) is 72.9 Å². The second-order valence-corrected chi connectivity index (χ2v) is 18.6. The first kappa shape index (κ1) is 58.5. The number of hydrogen-bond acceptors (Lipinski definition) is 7. The van der Waals surface area contributed by atoms with Gasteiger partial charge >= 0.3 is 19.8 Å². The highest BCUT2D eigenvalue weighted by Gasteiger charge is 2.27. The number of phosphoric acid groups is 1. The molecule has 10 heteroatoms. The Balaban J connectivity index is 4.41. The molecule has 9 nitrogen and oxygen atoms in total. The highest BCUT2D eigenvalue weighted by molar-refractivity contribution is 7.47. The summed E-state index contributed by atoms with van der Waals surface area (Å²) in [6.45, 7) is 4.23. The lowest BCUT2D eigenvalue weighted by molar-refractivity contribution is -0.870. The zero-order chi connectivity index (χ0) is 45.0. The smallest absolute Gasteiger partial charge is 0.462 e. The molecule has 352 valence electrons. The lowest BCUT2D eigenvalue weighted by Gasteiger charge is -2.24. The summed E-state index contributed by atoms with van der Waals surface area (Å²) in [4.78, 5) is 35.4. The SMILES string of the molecule is CC/C=C\C/C=C\C/C=C\C/C=C\C/C=C\C/C=C\CCC(=O)O[C@H](COC(=O)CCCCCCCCCCCCCCCCCCCC)COP(=O)(O)OCC[N+](C)(C)C. The quantitative estimate of drug-likeness (QED) is 0.0212. The topological polar surface area (TPSA) is 108 Å². The van der Waals surface area contributed by atoms with Gasteiger partial charge in [-0.2, -0.15) is 0 Å². The monoisotopic (exact) mass is 877 g/mol.